The van der Waals surface area contributed by atoms with Crippen molar-refractivity contribution in [2.75, 3.05) is 5.75 Å². The molecule has 3 nitrogen and oxygen atoms in total. The quantitative estimate of drug-likeness (QED) is 0.696. The number of H-pyrrole nitrogens is 1. The Kier molecular flexibility index (Phi) is 3.79. The molecule has 0 saturated carbocycles. The van der Waals surface area contributed by atoms with Gasteiger partial charge in [-0.2, -0.15) is 0 Å². The van der Waals surface area contributed by atoms with Crippen LogP contribution in [-0.2, 0) is 0 Å². The number of aromatic nitrogens is 2. The standard InChI is InChI=1S/C11H9BrN2OS/c12-9-3-1-8(2-4-9)10(15)7-16-11-13-5-6-14-11/h1-6H,7H2,(H,13,14). The average Bonchev–Trinajstić information content (AvgIpc) is 2.80. The first-order valence-electron chi connectivity index (χ1n) is 4.66. The number of carbonyl (C=O) groups excluding carboxylic acids is 1. The molecule has 0 saturated heterocycles. The van der Waals surface area contributed by atoms with Crippen molar-refractivity contribution in [2.45, 2.75) is 5.16 Å². The summed E-state index contributed by atoms with van der Waals surface area (Å²) < 4.78 is 0.975. The lowest BCUT2D eigenvalue weighted by Gasteiger charge is -1.99. The second kappa shape index (κ2) is 5.32. The Bertz CT molecular complexity index is 467. The van der Waals surface area contributed by atoms with E-state index in [0.29, 0.717) is 5.75 Å². The Labute approximate surface area is 106 Å². The molecule has 5 heteroatoms. The topological polar surface area (TPSA) is 45.8 Å². The third-order valence-electron chi connectivity index (χ3n) is 1.98. The molecule has 82 valence electrons. The van der Waals surface area contributed by atoms with Gasteiger partial charge in [-0.3, -0.25) is 4.79 Å². The minimum absolute atomic E-state index is 0.105. The van der Waals surface area contributed by atoms with E-state index in [1.807, 2.05) is 24.3 Å². The first kappa shape index (κ1) is 11.4. The highest BCUT2D eigenvalue weighted by atomic mass is 79.9. The van der Waals surface area contributed by atoms with Crippen LogP contribution in [-0.4, -0.2) is 21.5 Å². The molecule has 0 bridgehead atoms. The molecule has 0 spiro atoms. The highest BCUT2D eigenvalue weighted by Crippen LogP contribution is 2.16. The summed E-state index contributed by atoms with van der Waals surface area (Å²) in [5, 5.41) is 0.769. The minimum atomic E-state index is 0.105. The van der Waals surface area contributed by atoms with E-state index in [-0.39, 0.29) is 5.78 Å². The third kappa shape index (κ3) is 2.96. The van der Waals surface area contributed by atoms with E-state index in [2.05, 4.69) is 25.9 Å². The maximum atomic E-state index is 11.8. The number of nitrogens with one attached hydrogen (secondary N) is 1. The molecule has 0 unspecified atom stereocenters. The van der Waals surface area contributed by atoms with Gasteiger partial charge >= 0.3 is 0 Å². The first-order chi connectivity index (χ1) is 7.75. The largest absolute Gasteiger partial charge is 0.340 e. The number of Topliss-reactive ketones (excluding diaryl/α,β-unsaturated/α-hetero) is 1. The van der Waals surface area contributed by atoms with Crippen LogP contribution in [0.1, 0.15) is 10.4 Å². The summed E-state index contributed by atoms with van der Waals surface area (Å²) in [7, 11) is 0. The zero-order valence-electron chi connectivity index (χ0n) is 8.31. The Balaban J connectivity index is 1.95. The van der Waals surface area contributed by atoms with Gasteiger partial charge < -0.3 is 4.98 Å². The lowest BCUT2D eigenvalue weighted by Crippen LogP contribution is -2.02. The molecule has 0 aliphatic heterocycles. The van der Waals surface area contributed by atoms with Gasteiger partial charge in [0.1, 0.15) is 0 Å². The Morgan fingerprint density at radius 3 is 2.75 bits per heavy atom. The van der Waals surface area contributed by atoms with Gasteiger partial charge in [-0.05, 0) is 12.1 Å². The number of benzene rings is 1. The smallest absolute Gasteiger partial charge is 0.173 e. The Hall–Kier alpha value is -1.07. The summed E-state index contributed by atoms with van der Waals surface area (Å²) in [5.74, 6) is 0.503. The summed E-state index contributed by atoms with van der Waals surface area (Å²) >= 11 is 4.74. The van der Waals surface area contributed by atoms with Gasteiger partial charge in [-0.25, -0.2) is 4.98 Å². The number of thioether (sulfide) groups is 1. The average molecular weight is 297 g/mol. The molecular weight excluding hydrogens is 288 g/mol. The number of rotatable bonds is 4. The van der Waals surface area contributed by atoms with Crippen LogP contribution < -0.4 is 0 Å². The van der Waals surface area contributed by atoms with Crippen LogP contribution in [0.5, 0.6) is 0 Å². The number of ketones is 1. The van der Waals surface area contributed by atoms with Gasteiger partial charge in [-0.1, -0.05) is 39.8 Å². The SMILES string of the molecule is O=C(CSc1ncc[nH]1)c1ccc(Br)cc1. The monoisotopic (exact) mass is 296 g/mol. The fourth-order valence-corrected chi connectivity index (χ4v) is 2.17. The summed E-state index contributed by atoms with van der Waals surface area (Å²) in [5.41, 5.74) is 0.724. The molecule has 0 aliphatic carbocycles. The normalized spacial score (nSPS) is 10.3. The van der Waals surface area contributed by atoms with E-state index in [9.17, 15) is 4.79 Å². The number of hydrogen-bond donors (Lipinski definition) is 1. The van der Waals surface area contributed by atoms with E-state index >= 15 is 0 Å². The molecule has 16 heavy (non-hydrogen) atoms. The van der Waals surface area contributed by atoms with Crippen LogP contribution in [0.3, 0.4) is 0 Å². The molecule has 0 radical (unpaired) electrons. The van der Waals surface area contributed by atoms with Gasteiger partial charge in [0, 0.05) is 22.4 Å². The van der Waals surface area contributed by atoms with E-state index < -0.39 is 0 Å². The van der Waals surface area contributed by atoms with E-state index in [0.717, 1.165) is 15.2 Å². The number of carbonyl (C=O) groups is 1. The second-order valence-electron chi connectivity index (χ2n) is 3.11. The zero-order valence-corrected chi connectivity index (χ0v) is 10.7. The number of aromatic amines is 1. The van der Waals surface area contributed by atoms with E-state index in [4.69, 9.17) is 0 Å². The highest BCUT2D eigenvalue weighted by molar-refractivity contribution is 9.10. The predicted molar refractivity (Wildman–Crippen MR) is 67.8 cm³/mol. The van der Waals surface area contributed by atoms with Crippen LogP contribution in [0.2, 0.25) is 0 Å². The van der Waals surface area contributed by atoms with Crippen molar-refractivity contribution in [3.05, 3.63) is 46.7 Å². The lowest BCUT2D eigenvalue weighted by molar-refractivity contribution is 0.102. The maximum absolute atomic E-state index is 11.8. The zero-order chi connectivity index (χ0) is 11.4. The van der Waals surface area contributed by atoms with Gasteiger partial charge in [-0.15, -0.1) is 0 Å². The minimum Gasteiger partial charge on any atom is -0.340 e. The molecule has 1 aromatic carbocycles. The second-order valence-corrected chi connectivity index (χ2v) is 4.99. The first-order valence-corrected chi connectivity index (χ1v) is 6.44. The van der Waals surface area contributed by atoms with Crippen LogP contribution >= 0.6 is 27.7 Å². The maximum Gasteiger partial charge on any atom is 0.173 e. The molecule has 0 amide bonds. The van der Waals surface area contributed by atoms with Crippen molar-refractivity contribution in [3.63, 3.8) is 0 Å². The Morgan fingerprint density at radius 1 is 1.38 bits per heavy atom. The molecule has 2 rings (SSSR count). The lowest BCUT2D eigenvalue weighted by atomic mass is 10.2. The van der Waals surface area contributed by atoms with Gasteiger partial charge in [0.05, 0.1) is 5.75 Å². The predicted octanol–water partition coefficient (Wildman–Crippen LogP) is 3.15. The summed E-state index contributed by atoms with van der Waals surface area (Å²) in [6.07, 6.45) is 3.42. The molecule has 1 N–H and O–H groups in total. The molecule has 0 fully saturated rings. The van der Waals surface area contributed by atoms with Crippen molar-refractivity contribution >= 4 is 33.5 Å². The fourth-order valence-electron chi connectivity index (χ4n) is 1.18. The number of nitrogens with zero attached hydrogens (tertiary/aromatic N) is 1. The fraction of sp³-hybridized carbons (Fsp3) is 0.0909. The number of halogens is 1. The van der Waals surface area contributed by atoms with Crippen LogP contribution in [0.4, 0.5) is 0 Å². The number of hydrogen-bond acceptors (Lipinski definition) is 3. The van der Waals surface area contributed by atoms with E-state index in [1.165, 1.54) is 11.8 Å². The van der Waals surface area contributed by atoms with Gasteiger partial charge in [0.15, 0.2) is 10.9 Å². The molecule has 2 aromatic rings. The Morgan fingerprint density at radius 2 is 2.12 bits per heavy atom. The summed E-state index contributed by atoms with van der Waals surface area (Å²) in [6, 6.07) is 7.36. The third-order valence-corrected chi connectivity index (χ3v) is 3.41. The number of imidazole rings is 1. The van der Waals surface area contributed by atoms with Gasteiger partial charge in [0.25, 0.3) is 0 Å². The van der Waals surface area contributed by atoms with E-state index in [1.54, 1.807) is 12.4 Å². The van der Waals surface area contributed by atoms with Crippen molar-refractivity contribution in [1.82, 2.24) is 9.97 Å². The molecule has 1 aromatic heterocycles. The summed E-state index contributed by atoms with van der Waals surface area (Å²) in [6.45, 7) is 0. The molecule has 0 atom stereocenters. The van der Waals surface area contributed by atoms with Crippen LogP contribution in [0, 0.1) is 0 Å². The molecule has 1 heterocycles. The summed E-state index contributed by atoms with van der Waals surface area (Å²) in [4.78, 5) is 18.8. The van der Waals surface area contributed by atoms with Crippen LogP contribution in [0.25, 0.3) is 0 Å². The van der Waals surface area contributed by atoms with Crippen molar-refractivity contribution in [1.29, 1.82) is 0 Å². The van der Waals surface area contributed by atoms with Gasteiger partial charge in [0.2, 0.25) is 0 Å². The molecular formula is C11H9BrN2OS. The van der Waals surface area contributed by atoms with Crippen molar-refractivity contribution in [3.8, 4) is 0 Å². The van der Waals surface area contributed by atoms with Crippen LogP contribution in [0.15, 0.2) is 46.3 Å². The highest BCUT2D eigenvalue weighted by Gasteiger charge is 2.07. The molecule has 0 aliphatic rings. The van der Waals surface area contributed by atoms with Crippen molar-refractivity contribution in [2.24, 2.45) is 0 Å². The van der Waals surface area contributed by atoms with Crippen molar-refractivity contribution < 1.29 is 4.79 Å².